The first-order valence-corrected chi connectivity index (χ1v) is 8.06. The van der Waals surface area contributed by atoms with Crippen LogP contribution < -0.4 is 5.32 Å². The van der Waals surface area contributed by atoms with E-state index in [4.69, 9.17) is 0 Å². The van der Waals surface area contributed by atoms with Gasteiger partial charge in [0.1, 0.15) is 5.82 Å². The topological polar surface area (TPSA) is 12.0 Å². The Bertz CT molecular complexity index is 611. The SMILES string of the molecule is CCNC(c1cc(Br)ccc1Br)c1cccc(C)c1F. The molecule has 0 amide bonds. The lowest BCUT2D eigenvalue weighted by molar-refractivity contribution is 0.552. The molecular weight excluding hydrogens is 385 g/mol. The third kappa shape index (κ3) is 3.30. The van der Waals surface area contributed by atoms with Gasteiger partial charge in [-0.15, -0.1) is 0 Å². The predicted molar refractivity (Wildman–Crippen MR) is 88.5 cm³/mol. The summed E-state index contributed by atoms with van der Waals surface area (Å²) in [6, 6.07) is 11.3. The van der Waals surface area contributed by atoms with Gasteiger partial charge in [0.15, 0.2) is 0 Å². The summed E-state index contributed by atoms with van der Waals surface area (Å²) in [5.74, 6) is -0.148. The van der Waals surface area contributed by atoms with Gasteiger partial charge in [-0.2, -0.15) is 0 Å². The molecule has 1 unspecified atom stereocenters. The molecule has 2 aromatic rings. The number of benzene rings is 2. The summed E-state index contributed by atoms with van der Waals surface area (Å²) in [5.41, 5.74) is 2.35. The van der Waals surface area contributed by atoms with Crippen molar-refractivity contribution in [2.45, 2.75) is 19.9 Å². The molecule has 106 valence electrons. The van der Waals surface area contributed by atoms with Crippen LogP contribution in [0.1, 0.15) is 29.7 Å². The van der Waals surface area contributed by atoms with Crippen LogP contribution in [0.25, 0.3) is 0 Å². The van der Waals surface area contributed by atoms with E-state index in [1.807, 2.05) is 37.3 Å². The molecular formula is C16H16Br2FN. The lowest BCUT2D eigenvalue weighted by Gasteiger charge is -2.22. The van der Waals surface area contributed by atoms with Gasteiger partial charge in [-0.25, -0.2) is 4.39 Å². The van der Waals surface area contributed by atoms with E-state index in [0.717, 1.165) is 21.1 Å². The van der Waals surface area contributed by atoms with Crippen LogP contribution in [0.5, 0.6) is 0 Å². The third-order valence-corrected chi connectivity index (χ3v) is 4.43. The monoisotopic (exact) mass is 399 g/mol. The van der Waals surface area contributed by atoms with Crippen LogP contribution in [0, 0.1) is 12.7 Å². The minimum Gasteiger partial charge on any atom is -0.306 e. The summed E-state index contributed by atoms with van der Waals surface area (Å²) < 4.78 is 16.4. The van der Waals surface area contributed by atoms with Gasteiger partial charge in [-0.1, -0.05) is 57.0 Å². The van der Waals surface area contributed by atoms with Gasteiger partial charge >= 0.3 is 0 Å². The maximum atomic E-state index is 14.4. The average molecular weight is 401 g/mol. The molecule has 20 heavy (non-hydrogen) atoms. The van der Waals surface area contributed by atoms with Gasteiger partial charge < -0.3 is 5.32 Å². The second kappa shape index (κ2) is 6.83. The molecule has 0 aliphatic rings. The standard InChI is InChI=1S/C16H16Br2FN/c1-3-20-16(12-6-4-5-10(2)15(12)19)13-9-11(17)7-8-14(13)18/h4-9,16,20H,3H2,1-2H3. The molecule has 1 nitrogen and oxygen atoms in total. The van der Waals surface area contributed by atoms with E-state index in [9.17, 15) is 4.39 Å². The maximum Gasteiger partial charge on any atom is 0.131 e. The summed E-state index contributed by atoms with van der Waals surface area (Å²) in [6.45, 7) is 4.57. The first kappa shape index (κ1) is 15.7. The number of nitrogens with one attached hydrogen (secondary N) is 1. The molecule has 1 N–H and O–H groups in total. The molecule has 0 spiro atoms. The van der Waals surface area contributed by atoms with Crippen molar-refractivity contribution in [3.63, 3.8) is 0 Å². The quantitative estimate of drug-likeness (QED) is 0.728. The number of hydrogen-bond acceptors (Lipinski definition) is 1. The van der Waals surface area contributed by atoms with Gasteiger partial charge in [0.05, 0.1) is 6.04 Å². The van der Waals surface area contributed by atoms with E-state index in [1.165, 1.54) is 0 Å². The first-order chi connectivity index (χ1) is 9.54. The van der Waals surface area contributed by atoms with Crippen molar-refractivity contribution in [2.24, 2.45) is 0 Å². The van der Waals surface area contributed by atoms with Crippen molar-refractivity contribution in [1.82, 2.24) is 5.32 Å². The zero-order valence-corrected chi connectivity index (χ0v) is 14.6. The Labute approximate surface area is 135 Å². The van der Waals surface area contributed by atoms with E-state index < -0.39 is 0 Å². The van der Waals surface area contributed by atoms with Crippen LogP contribution in [0.15, 0.2) is 45.3 Å². The van der Waals surface area contributed by atoms with Gasteiger partial charge in [-0.05, 0) is 42.8 Å². The van der Waals surface area contributed by atoms with E-state index in [1.54, 1.807) is 13.0 Å². The normalized spacial score (nSPS) is 12.4. The first-order valence-electron chi connectivity index (χ1n) is 6.48. The molecule has 0 bridgehead atoms. The molecule has 2 rings (SSSR count). The molecule has 1 atom stereocenters. The Morgan fingerprint density at radius 1 is 1.15 bits per heavy atom. The van der Waals surface area contributed by atoms with Gasteiger partial charge in [-0.3, -0.25) is 0 Å². The lowest BCUT2D eigenvalue weighted by Crippen LogP contribution is -2.23. The van der Waals surface area contributed by atoms with Crippen molar-refractivity contribution in [1.29, 1.82) is 0 Å². The van der Waals surface area contributed by atoms with Crippen molar-refractivity contribution in [3.8, 4) is 0 Å². The fourth-order valence-electron chi connectivity index (χ4n) is 2.22. The zero-order valence-electron chi connectivity index (χ0n) is 11.4. The zero-order chi connectivity index (χ0) is 14.7. The Kier molecular flexibility index (Phi) is 5.35. The van der Waals surface area contributed by atoms with Crippen LogP contribution in [-0.4, -0.2) is 6.54 Å². The molecule has 2 aromatic carbocycles. The number of aryl methyl sites for hydroxylation is 1. The summed E-state index contributed by atoms with van der Waals surface area (Å²) in [4.78, 5) is 0. The van der Waals surface area contributed by atoms with Crippen molar-refractivity contribution in [3.05, 3.63) is 67.9 Å². The number of rotatable bonds is 4. The highest BCUT2D eigenvalue weighted by atomic mass is 79.9. The smallest absolute Gasteiger partial charge is 0.131 e. The van der Waals surface area contributed by atoms with Gasteiger partial charge in [0.25, 0.3) is 0 Å². The Balaban J connectivity index is 2.56. The van der Waals surface area contributed by atoms with Crippen LogP contribution in [-0.2, 0) is 0 Å². The summed E-state index contributed by atoms with van der Waals surface area (Å²) in [7, 11) is 0. The van der Waals surface area contributed by atoms with E-state index >= 15 is 0 Å². The number of halogens is 3. The Morgan fingerprint density at radius 2 is 1.90 bits per heavy atom. The van der Waals surface area contributed by atoms with Crippen LogP contribution in [0.4, 0.5) is 4.39 Å². The predicted octanol–water partition coefficient (Wildman–Crippen LogP) is 5.36. The second-order valence-electron chi connectivity index (χ2n) is 4.63. The minimum absolute atomic E-state index is 0.148. The summed E-state index contributed by atoms with van der Waals surface area (Å²) >= 11 is 7.04. The molecule has 0 radical (unpaired) electrons. The van der Waals surface area contributed by atoms with Crippen molar-refractivity contribution < 1.29 is 4.39 Å². The molecule has 0 heterocycles. The second-order valence-corrected chi connectivity index (χ2v) is 6.40. The fourth-order valence-corrected chi connectivity index (χ4v) is 3.07. The van der Waals surface area contributed by atoms with E-state index in [-0.39, 0.29) is 11.9 Å². The van der Waals surface area contributed by atoms with Crippen molar-refractivity contribution >= 4 is 31.9 Å². The van der Waals surface area contributed by atoms with Gasteiger partial charge in [0, 0.05) is 14.5 Å². The van der Waals surface area contributed by atoms with Crippen LogP contribution in [0.3, 0.4) is 0 Å². The highest BCUT2D eigenvalue weighted by Crippen LogP contribution is 2.32. The minimum atomic E-state index is -0.174. The van der Waals surface area contributed by atoms with Gasteiger partial charge in [0.2, 0.25) is 0 Å². The van der Waals surface area contributed by atoms with Crippen molar-refractivity contribution in [2.75, 3.05) is 6.54 Å². The van der Waals surface area contributed by atoms with Crippen LogP contribution >= 0.6 is 31.9 Å². The number of hydrogen-bond donors (Lipinski definition) is 1. The molecule has 0 fully saturated rings. The highest BCUT2D eigenvalue weighted by molar-refractivity contribution is 9.11. The fraction of sp³-hybridized carbons (Fsp3) is 0.250. The molecule has 0 aliphatic heterocycles. The maximum absolute atomic E-state index is 14.4. The average Bonchev–Trinajstić information content (AvgIpc) is 2.43. The summed E-state index contributed by atoms with van der Waals surface area (Å²) in [5, 5.41) is 3.36. The Hall–Kier alpha value is -0.710. The molecule has 0 aromatic heterocycles. The van der Waals surface area contributed by atoms with E-state index in [2.05, 4.69) is 37.2 Å². The Morgan fingerprint density at radius 3 is 2.60 bits per heavy atom. The molecule has 0 saturated carbocycles. The lowest BCUT2D eigenvalue weighted by atomic mass is 9.96. The third-order valence-electron chi connectivity index (χ3n) is 3.21. The van der Waals surface area contributed by atoms with Crippen LogP contribution in [0.2, 0.25) is 0 Å². The summed E-state index contributed by atoms with van der Waals surface area (Å²) in [6.07, 6.45) is 0. The highest BCUT2D eigenvalue weighted by Gasteiger charge is 2.20. The largest absolute Gasteiger partial charge is 0.306 e. The molecule has 4 heteroatoms. The molecule has 0 saturated heterocycles. The molecule has 0 aliphatic carbocycles. The van der Waals surface area contributed by atoms with E-state index in [0.29, 0.717) is 11.1 Å².